The Morgan fingerprint density at radius 3 is 2.62 bits per heavy atom. The van der Waals surface area contributed by atoms with E-state index in [1.54, 1.807) is 6.07 Å². The van der Waals surface area contributed by atoms with Crippen molar-refractivity contribution in [2.45, 2.75) is 12.5 Å². The number of carbonyl (C=O) groups is 2. The van der Waals surface area contributed by atoms with Crippen molar-refractivity contribution < 1.29 is 14.5 Å². The Balaban J connectivity index is 1.88. The number of benzene rings is 1. The number of thiocarbonyl (C=S) groups is 1. The molecule has 2 saturated heterocycles. The molecule has 1 atom stereocenters. The van der Waals surface area contributed by atoms with Crippen LogP contribution in [0.3, 0.4) is 0 Å². The van der Waals surface area contributed by atoms with Crippen molar-refractivity contribution in [1.82, 2.24) is 15.5 Å². The van der Waals surface area contributed by atoms with Crippen LogP contribution < -0.4 is 15.5 Å². The van der Waals surface area contributed by atoms with Crippen LogP contribution >= 0.6 is 12.2 Å². The number of hydrogen-bond acceptors (Lipinski definition) is 7. The number of piperazine rings is 1. The van der Waals surface area contributed by atoms with Gasteiger partial charge in [0.2, 0.25) is 11.8 Å². The fourth-order valence-electron chi connectivity index (χ4n) is 4.18. The number of hydrogen-bond donors (Lipinski definition) is 2. The smallest absolute Gasteiger partial charge is 0.269 e. The Hall–Kier alpha value is -2.59. The summed E-state index contributed by atoms with van der Waals surface area (Å²) in [6, 6.07) is 4.25. The molecule has 9 nitrogen and oxygen atoms in total. The molecule has 26 heavy (non-hydrogen) atoms. The highest BCUT2D eigenvalue weighted by Crippen LogP contribution is 2.45. The first kappa shape index (κ1) is 16.9. The minimum absolute atomic E-state index is 0.00817. The van der Waals surface area contributed by atoms with Crippen molar-refractivity contribution in [3.05, 3.63) is 33.9 Å². The van der Waals surface area contributed by atoms with Crippen LogP contribution in [0, 0.1) is 15.5 Å². The highest BCUT2D eigenvalue weighted by molar-refractivity contribution is 7.80. The van der Waals surface area contributed by atoms with E-state index in [0.29, 0.717) is 18.7 Å². The fraction of sp³-hybridized carbons (Fsp3) is 0.438. The lowest BCUT2D eigenvalue weighted by molar-refractivity contribution is -0.384. The van der Waals surface area contributed by atoms with Crippen LogP contribution in [-0.2, 0) is 16.0 Å². The second kappa shape index (κ2) is 5.71. The third-order valence-electron chi connectivity index (χ3n) is 5.47. The molecule has 0 saturated carbocycles. The average molecular weight is 375 g/mol. The molecule has 1 unspecified atom stereocenters. The van der Waals surface area contributed by atoms with Gasteiger partial charge in [0.25, 0.3) is 5.69 Å². The number of likely N-dealkylation sites (N-methyl/N-ethyl adjacent to an activating group) is 1. The molecule has 2 N–H and O–H groups in total. The van der Waals surface area contributed by atoms with Crippen molar-refractivity contribution >= 4 is 40.5 Å². The average Bonchev–Trinajstić information content (AvgIpc) is 2.58. The van der Waals surface area contributed by atoms with Crippen LogP contribution in [0.1, 0.15) is 5.56 Å². The molecule has 0 radical (unpaired) electrons. The number of nitrogens with zero attached hydrogens (tertiary/aromatic N) is 3. The molecule has 136 valence electrons. The van der Waals surface area contributed by atoms with Gasteiger partial charge in [-0.2, -0.15) is 0 Å². The standard InChI is InChI=1S/C16H17N5O4S/c1-19-4-5-20-11-3-2-10(21(24)25)6-9(11)7-16(12(20)8-19)13(22)17-15(26)18-14(16)23/h2-3,6,12H,4-5,7-8H2,1H3,(H2,17,18,22,23,26). The Kier molecular flexibility index (Phi) is 3.70. The number of fused-ring (bicyclic) bond motifs is 4. The topological polar surface area (TPSA) is 108 Å². The summed E-state index contributed by atoms with van der Waals surface area (Å²) in [5.74, 6) is -0.901. The van der Waals surface area contributed by atoms with Crippen LogP contribution in [0.25, 0.3) is 0 Å². The largest absolute Gasteiger partial charge is 0.364 e. The van der Waals surface area contributed by atoms with Crippen LogP contribution in [0.4, 0.5) is 11.4 Å². The highest BCUT2D eigenvalue weighted by atomic mass is 32.1. The van der Waals surface area contributed by atoms with Gasteiger partial charge in [-0.25, -0.2) is 0 Å². The lowest BCUT2D eigenvalue weighted by Gasteiger charge is -2.54. The Bertz CT molecular complexity index is 837. The zero-order valence-electron chi connectivity index (χ0n) is 14.0. The third kappa shape index (κ3) is 2.29. The van der Waals surface area contributed by atoms with E-state index in [9.17, 15) is 19.7 Å². The van der Waals surface area contributed by atoms with E-state index < -0.39 is 22.2 Å². The van der Waals surface area contributed by atoms with E-state index in [1.165, 1.54) is 12.1 Å². The molecule has 3 aliphatic heterocycles. The van der Waals surface area contributed by atoms with Gasteiger partial charge in [0.05, 0.1) is 11.0 Å². The van der Waals surface area contributed by atoms with Gasteiger partial charge in [0.15, 0.2) is 10.5 Å². The van der Waals surface area contributed by atoms with E-state index in [1.807, 2.05) is 11.9 Å². The predicted molar refractivity (Wildman–Crippen MR) is 96.7 cm³/mol. The predicted octanol–water partition coefficient (Wildman–Crippen LogP) is -0.211. The summed E-state index contributed by atoms with van der Waals surface area (Å²) in [4.78, 5) is 40.7. The summed E-state index contributed by atoms with van der Waals surface area (Å²) in [5.41, 5.74) is 0.0315. The molecule has 0 aliphatic carbocycles. The lowest BCUT2D eigenvalue weighted by atomic mass is 9.68. The zero-order chi connectivity index (χ0) is 18.6. The Morgan fingerprint density at radius 2 is 1.96 bits per heavy atom. The van der Waals surface area contributed by atoms with Gasteiger partial charge in [-0.3, -0.25) is 19.7 Å². The SMILES string of the molecule is CN1CCN2c3ccc([N+](=O)[O-])cc3CC3(C(=O)NC(=S)NC3=O)C2C1. The number of amides is 2. The minimum atomic E-state index is -1.38. The molecule has 1 aromatic carbocycles. The maximum atomic E-state index is 12.9. The van der Waals surface area contributed by atoms with E-state index in [2.05, 4.69) is 15.5 Å². The molecule has 2 fully saturated rings. The number of nitro groups is 1. The molecule has 1 aromatic rings. The molecule has 3 aliphatic rings. The fourth-order valence-corrected chi connectivity index (χ4v) is 4.37. The van der Waals surface area contributed by atoms with Gasteiger partial charge in [-0.15, -0.1) is 0 Å². The number of nitro benzene ring substituents is 1. The van der Waals surface area contributed by atoms with Gasteiger partial charge in [0, 0.05) is 43.9 Å². The molecule has 0 aromatic heterocycles. The molecule has 3 heterocycles. The van der Waals surface area contributed by atoms with Crippen molar-refractivity contribution in [2.24, 2.45) is 5.41 Å². The van der Waals surface area contributed by atoms with Gasteiger partial charge in [0.1, 0.15) is 0 Å². The second-order valence-electron chi connectivity index (χ2n) is 6.93. The van der Waals surface area contributed by atoms with E-state index in [0.717, 1.165) is 12.2 Å². The molecule has 10 heteroatoms. The van der Waals surface area contributed by atoms with Crippen molar-refractivity contribution in [3.8, 4) is 0 Å². The number of carbonyl (C=O) groups excluding carboxylic acids is 2. The summed E-state index contributed by atoms with van der Waals surface area (Å²) in [6.45, 7) is 1.92. The summed E-state index contributed by atoms with van der Waals surface area (Å²) >= 11 is 4.94. The number of rotatable bonds is 1. The first-order valence-corrected chi connectivity index (χ1v) is 8.63. The maximum absolute atomic E-state index is 12.9. The minimum Gasteiger partial charge on any atom is -0.364 e. The zero-order valence-corrected chi connectivity index (χ0v) is 14.8. The van der Waals surface area contributed by atoms with E-state index >= 15 is 0 Å². The maximum Gasteiger partial charge on any atom is 0.269 e. The normalized spacial score (nSPS) is 24.6. The first-order chi connectivity index (χ1) is 12.3. The molecular weight excluding hydrogens is 358 g/mol. The van der Waals surface area contributed by atoms with E-state index in [4.69, 9.17) is 12.2 Å². The van der Waals surface area contributed by atoms with Gasteiger partial charge in [-0.1, -0.05) is 0 Å². The van der Waals surface area contributed by atoms with Gasteiger partial charge in [-0.05, 0) is 30.9 Å². The van der Waals surface area contributed by atoms with Crippen LogP contribution in [0.2, 0.25) is 0 Å². The third-order valence-corrected chi connectivity index (χ3v) is 5.67. The number of anilines is 1. The Morgan fingerprint density at radius 1 is 1.27 bits per heavy atom. The molecule has 0 bridgehead atoms. The van der Waals surface area contributed by atoms with Crippen LogP contribution in [0.15, 0.2) is 18.2 Å². The summed E-state index contributed by atoms with van der Waals surface area (Å²) < 4.78 is 0. The molecular formula is C16H17N5O4S. The quantitative estimate of drug-likeness (QED) is 0.303. The van der Waals surface area contributed by atoms with Crippen LogP contribution in [0.5, 0.6) is 0 Å². The van der Waals surface area contributed by atoms with Gasteiger partial charge < -0.3 is 20.4 Å². The monoisotopic (exact) mass is 375 g/mol. The van der Waals surface area contributed by atoms with Crippen molar-refractivity contribution in [2.75, 3.05) is 31.6 Å². The van der Waals surface area contributed by atoms with Crippen molar-refractivity contribution in [1.29, 1.82) is 0 Å². The molecule has 4 rings (SSSR count). The summed E-state index contributed by atoms with van der Waals surface area (Å²) in [6.07, 6.45) is 0.0965. The number of non-ortho nitro benzene ring substituents is 1. The second-order valence-corrected chi connectivity index (χ2v) is 7.34. The first-order valence-electron chi connectivity index (χ1n) is 8.22. The number of nitrogens with one attached hydrogen (secondary N) is 2. The lowest BCUT2D eigenvalue weighted by Crippen LogP contribution is -2.74. The molecule has 2 amide bonds. The Labute approximate surface area is 154 Å². The molecule has 1 spiro atoms. The summed E-state index contributed by atoms with van der Waals surface area (Å²) in [7, 11) is 1.94. The highest BCUT2D eigenvalue weighted by Gasteiger charge is 2.60. The van der Waals surface area contributed by atoms with Crippen molar-refractivity contribution in [3.63, 3.8) is 0 Å². The summed E-state index contributed by atoms with van der Waals surface area (Å²) in [5, 5.41) is 16.3. The van der Waals surface area contributed by atoms with E-state index in [-0.39, 0.29) is 23.3 Å². The van der Waals surface area contributed by atoms with Crippen LogP contribution in [-0.4, -0.2) is 59.5 Å². The van der Waals surface area contributed by atoms with Gasteiger partial charge >= 0.3 is 0 Å².